The predicted octanol–water partition coefficient (Wildman–Crippen LogP) is 1.02. The molecule has 1 saturated heterocycles. The van der Waals surface area contributed by atoms with Crippen LogP contribution in [-0.4, -0.2) is 23.7 Å². The standard InChI is InChI=1S/C13H18N2O3/c1-8-4-5-18-12(8)13(17)15-7-9-6-10(14)2-3-11(9)16/h2-3,6,8,12,16H,4-5,7,14H2,1H3,(H,15,17). The number of benzene rings is 1. The lowest BCUT2D eigenvalue weighted by Crippen LogP contribution is -2.36. The van der Waals surface area contributed by atoms with Crippen molar-refractivity contribution in [1.29, 1.82) is 0 Å². The van der Waals surface area contributed by atoms with Crippen LogP contribution in [0.4, 0.5) is 5.69 Å². The Morgan fingerprint density at radius 1 is 1.61 bits per heavy atom. The largest absolute Gasteiger partial charge is 0.508 e. The number of carbonyl (C=O) groups excluding carboxylic acids is 1. The normalized spacial score (nSPS) is 22.9. The number of carbonyl (C=O) groups is 1. The molecule has 1 aromatic carbocycles. The number of nitrogen functional groups attached to an aromatic ring is 1. The molecular formula is C13H18N2O3. The molecule has 0 aromatic heterocycles. The Hall–Kier alpha value is -1.75. The van der Waals surface area contributed by atoms with Crippen molar-refractivity contribution in [1.82, 2.24) is 5.32 Å². The lowest BCUT2D eigenvalue weighted by molar-refractivity contribution is -0.131. The van der Waals surface area contributed by atoms with Gasteiger partial charge in [-0.15, -0.1) is 0 Å². The average molecular weight is 250 g/mol. The molecule has 2 rings (SSSR count). The fraction of sp³-hybridized carbons (Fsp3) is 0.462. The van der Waals surface area contributed by atoms with E-state index in [1.165, 1.54) is 6.07 Å². The highest BCUT2D eigenvalue weighted by Gasteiger charge is 2.30. The van der Waals surface area contributed by atoms with Gasteiger partial charge in [-0.25, -0.2) is 0 Å². The molecule has 1 fully saturated rings. The molecule has 1 aliphatic heterocycles. The highest BCUT2D eigenvalue weighted by molar-refractivity contribution is 5.81. The second kappa shape index (κ2) is 5.27. The van der Waals surface area contributed by atoms with Gasteiger partial charge in [-0.2, -0.15) is 0 Å². The molecule has 1 amide bonds. The summed E-state index contributed by atoms with van der Waals surface area (Å²) >= 11 is 0. The van der Waals surface area contributed by atoms with E-state index in [2.05, 4.69) is 5.32 Å². The van der Waals surface area contributed by atoms with Crippen LogP contribution in [-0.2, 0) is 16.1 Å². The summed E-state index contributed by atoms with van der Waals surface area (Å²) in [6.07, 6.45) is 0.523. The number of phenolic OH excluding ortho intramolecular Hbond substituents is 1. The Labute approximate surface area is 106 Å². The van der Waals surface area contributed by atoms with E-state index in [1.54, 1.807) is 12.1 Å². The molecule has 0 aliphatic carbocycles. The molecule has 1 aromatic rings. The summed E-state index contributed by atoms with van der Waals surface area (Å²) < 4.78 is 5.37. The van der Waals surface area contributed by atoms with Crippen LogP contribution >= 0.6 is 0 Å². The fourth-order valence-corrected chi connectivity index (χ4v) is 2.06. The molecule has 98 valence electrons. The first-order valence-electron chi connectivity index (χ1n) is 6.04. The summed E-state index contributed by atoms with van der Waals surface area (Å²) in [5, 5.41) is 12.4. The number of nitrogens with two attached hydrogens (primary N) is 1. The van der Waals surface area contributed by atoms with Crippen molar-refractivity contribution in [3.8, 4) is 5.75 Å². The van der Waals surface area contributed by atoms with E-state index in [4.69, 9.17) is 10.5 Å². The quantitative estimate of drug-likeness (QED) is 0.552. The Balaban J connectivity index is 1.95. The molecular weight excluding hydrogens is 232 g/mol. The maximum absolute atomic E-state index is 11.9. The summed E-state index contributed by atoms with van der Waals surface area (Å²) in [5.74, 6) is 0.228. The van der Waals surface area contributed by atoms with Crippen LogP contribution in [0.15, 0.2) is 18.2 Å². The number of phenols is 1. The van der Waals surface area contributed by atoms with Crippen LogP contribution in [0.3, 0.4) is 0 Å². The molecule has 5 nitrogen and oxygen atoms in total. The molecule has 0 saturated carbocycles. The second-order valence-electron chi connectivity index (χ2n) is 4.66. The molecule has 18 heavy (non-hydrogen) atoms. The van der Waals surface area contributed by atoms with Gasteiger partial charge < -0.3 is 20.9 Å². The minimum atomic E-state index is -0.381. The number of anilines is 1. The third-order valence-corrected chi connectivity index (χ3v) is 3.20. The summed E-state index contributed by atoms with van der Waals surface area (Å²) in [5.41, 5.74) is 6.79. The SMILES string of the molecule is CC1CCOC1C(=O)NCc1cc(N)ccc1O. The Morgan fingerprint density at radius 2 is 2.39 bits per heavy atom. The highest BCUT2D eigenvalue weighted by Crippen LogP contribution is 2.22. The van der Waals surface area contributed by atoms with E-state index in [0.717, 1.165) is 6.42 Å². The number of amides is 1. The molecule has 2 unspecified atom stereocenters. The van der Waals surface area contributed by atoms with Crippen LogP contribution in [0.2, 0.25) is 0 Å². The van der Waals surface area contributed by atoms with Crippen molar-refractivity contribution < 1.29 is 14.6 Å². The zero-order valence-corrected chi connectivity index (χ0v) is 10.3. The van der Waals surface area contributed by atoms with E-state index >= 15 is 0 Å². The van der Waals surface area contributed by atoms with Gasteiger partial charge in [-0.05, 0) is 30.5 Å². The fourth-order valence-electron chi connectivity index (χ4n) is 2.06. The van der Waals surface area contributed by atoms with Crippen molar-refractivity contribution >= 4 is 11.6 Å². The highest BCUT2D eigenvalue weighted by atomic mass is 16.5. The molecule has 4 N–H and O–H groups in total. The zero-order valence-electron chi connectivity index (χ0n) is 10.3. The zero-order chi connectivity index (χ0) is 13.1. The number of nitrogens with one attached hydrogen (secondary N) is 1. The Bertz CT molecular complexity index is 448. The molecule has 1 aliphatic rings. The topological polar surface area (TPSA) is 84.6 Å². The van der Waals surface area contributed by atoms with Crippen molar-refractivity contribution in [3.05, 3.63) is 23.8 Å². The van der Waals surface area contributed by atoms with Crippen LogP contribution in [0, 0.1) is 5.92 Å². The van der Waals surface area contributed by atoms with Crippen LogP contribution in [0.25, 0.3) is 0 Å². The third kappa shape index (κ3) is 2.73. The van der Waals surface area contributed by atoms with Crippen LogP contribution in [0.1, 0.15) is 18.9 Å². The summed E-state index contributed by atoms with van der Waals surface area (Å²) in [6.45, 7) is 2.88. The molecule has 0 bridgehead atoms. The lowest BCUT2D eigenvalue weighted by Gasteiger charge is -2.15. The minimum absolute atomic E-state index is 0.130. The van der Waals surface area contributed by atoms with Crippen molar-refractivity contribution in [2.75, 3.05) is 12.3 Å². The van der Waals surface area contributed by atoms with E-state index in [-0.39, 0.29) is 30.2 Å². The smallest absolute Gasteiger partial charge is 0.249 e. The van der Waals surface area contributed by atoms with Gasteiger partial charge in [0.1, 0.15) is 11.9 Å². The molecule has 0 radical (unpaired) electrons. The Morgan fingerprint density at radius 3 is 3.06 bits per heavy atom. The van der Waals surface area contributed by atoms with Gasteiger partial charge in [-0.1, -0.05) is 6.92 Å². The van der Waals surface area contributed by atoms with Gasteiger partial charge in [0.2, 0.25) is 5.91 Å². The maximum Gasteiger partial charge on any atom is 0.249 e. The van der Waals surface area contributed by atoms with Crippen LogP contribution in [0.5, 0.6) is 5.75 Å². The second-order valence-corrected chi connectivity index (χ2v) is 4.66. The van der Waals surface area contributed by atoms with E-state index < -0.39 is 0 Å². The van der Waals surface area contributed by atoms with Gasteiger partial charge >= 0.3 is 0 Å². The summed E-state index contributed by atoms with van der Waals surface area (Å²) in [4.78, 5) is 11.9. The van der Waals surface area contributed by atoms with E-state index in [1.807, 2.05) is 6.92 Å². The third-order valence-electron chi connectivity index (χ3n) is 3.20. The maximum atomic E-state index is 11.9. The monoisotopic (exact) mass is 250 g/mol. The number of hydrogen-bond donors (Lipinski definition) is 3. The minimum Gasteiger partial charge on any atom is -0.508 e. The van der Waals surface area contributed by atoms with Gasteiger partial charge in [0.05, 0.1) is 0 Å². The predicted molar refractivity (Wildman–Crippen MR) is 67.9 cm³/mol. The van der Waals surface area contributed by atoms with Gasteiger partial charge in [-0.3, -0.25) is 4.79 Å². The molecule has 1 heterocycles. The van der Waals surface area contributed by atoms with E-state index in [0.29, 0.717) is 17.9 Å². The molecule has 2 atom stereocenters. The van der Waals surface area contributed by atoms with Gasteiger partial charge in [0, 0.05) is 24.4 Å². The first kappa shape index (κ1) is 12.7. The van der Waals surface area contributed by atoms with Crippen molar-refractivity contribution in [2.45, 2.75) is 26.0 Å². The number of rotatable bonds is 3. The molecule has 0 spiro atoms. The van der Waals surface area contributed by atoms with Crippen LogP contribution < -0.4 is 11.1 Å². The first-order valence-corrected chi connectivity index (χ1v) is 6.04. The summed E-state index contributed by atoms with van der Waals surface area (Å²) in [6, 6.07) is 4.78. The lowest BCUT2D eigenvalue weighted by atomic mass is 10.0. The van der Waals surface area contributed by atoms with E-state index in [9.17, 15) is 9.90 Å². The van der Waals surface area contributed by atoms with Gasteiger partial charge in [0.25, 0.3) is 0 Å². The number of aromatic hydroxyl groups is 1. The number of hydrogen-bond acceptors (Lipinski definition) is 4. The average Bonchev–Trinajstić information content (AvgIpc) is 2.76. The van der Waals surface area contributed by atoms with Crippen molar-refractivity contribution in [3.63, 3.8) is 0 Å². The van der Waals surface area contributed by atoms with Gasteiger partial charge in [0.15, 0.2) is 0 Å². The number of ether oxygens (including phenoxy) is 1. The summed E-state index contributed by atoms with van der Waals surface area (Å²) in [7, 11) is 0. The first-order chi connectivity index (χ1) is 8.58. The Kier molecular flexibility index (Phi) is 3.72. The van der Waals surface area contributed by atoms with Crippen molar-refractivity contribution in [2.24, 2.45) is 5.92 Å². The molecule has 5 heteroatoms.